The summed E-state index contributed by atoms with van der Waals surface area (Å²) < 4.78 is 1.85. The molecule has 0 spiro atoms. The SMILES string of the molecule is Cn1c(SCC(=O)Nc2ccccc2)nnc1-c1cccc(Cl)c1. The number of nitrogens with zero attached hydrogens (tertiary/aromatic N) is 3. The lowest BCUT2D eigenvalue weighted by Crippen LogP contribution is -2.14. The number of hydrogen-bond acceptors (Lipinski definition) is 4. The first kappa shape index (κ1) is 16.5. The van der Waals surface area contributed by atoms with Gasteiger partial charge in [0.25, 0.3) is 0 Å². The fourth-order valence-electron chi connectivity index (χ4n) is 2.17. The maximum absolute atomic E-state index is 12.0. The van der Waals surface area contributed by atoms with Crippen molar-refractivity contribution in [3.8, 4) is 11.4 Å². The minimum atomic E-state index is -0.0847. The molecule has 2 aromatic carbocycles. The van der Waals surface area contributed by atoms with Crippen molar-refractivity contribution in [1.29, 1.82) is 0 Å². The number of nitrogens with one attached hydrogen (secondary N) is 1. The average Bonchev–Trinajstić information content (AvgIpc) is 2.95. The Morgan fingerprint density at radius 3 is 2.71 bits per heavy atom. The number of thioether (sulfide) groups is 1. The van der Waals surface area contributed by atoms with Crippen molar-refractivity contribution in [1.82, 2.24) is 14.8 Å². The molecule has 3 aromatic rings. The summed E-state index contributed by atoms with van der Waals surface area (Å²) in [6.07, 6.45) is 0. The van der Waals surface area contributed by atoms with E-state index in [-0.39, 0.29) is 11.7 Å². The lowest BCUT2D eigenvalue weighted by molar-refractivity contribution is -0.113. The molecule has 0 radical (unpaired) electrons. The van der Waals surface area contributed by atoms with Gasteiger partial charge in [-0.2, -0.15) is 0 Å². The molecule has 1 N–H and O–H groups in total. The first-order chi connectivity index (χ1) is 11.6. The molecule has 7 heteroatoms. The van der Waals surface area contributed by atoms with Crippen LogP contribution in [0.5, 0.6) is 0 Å². The van der Waals surface area contributed by atoms with Crippen molar-refractivity contribution in [2.24, 2.45) is 7.05 Å². The quantitative estimate of drug-likeness (QED) is 0.703. The van der Waals surface area contributed by atoms with E-state index in [0.717, 1.165) is 11.3 Å². The maximum atomic E-state index is 12.0. The molecule has 0 saturated carbocycles. The third-order valence-corrected chi connectivity index (χ3v) is 4.56. The third-order valence-electron chi connectivity index (χ3n) is 3.31. The Morgan fingerprint density at radius 1 is 1.17 bits per heavy atom. The van der Waals surface area contributed by atoms with Crippen molar-refractivity contribution >= 4 is 35.0 Å². The number of halogens is 1. The summed E-state index contributed by atoms with van der Waals surface area (Å²) in [7, 11) is 1.87. The molecule has 0 bridgehead atoms. The number of anilines is 1. The first-order valence-electron chi connectivity index (χ1n) is 7.26. The molecular formula is C17H15ClN4OS. The van der Waals surface area contributed by atoms with Gasteiger partial charge in [-0.15, -0.1) is 10.2 Å². The summed E-state index contributed by atoms with van der Waals surface area (Å²) >= 11 is 7.36. The van der Waals surface area contributed by atoms with E-state index in [9.17, 15) is 4.79 Å². The van der Waals surface area contributed by atoms with Crippen molar-refractivity contribution in [3.05, 3.63) is 59.6 Å². The molecule has 0 saturated heterocycles. The predicted molar refractivity (Wildman–Crippen MR) is 97.2 cm³/mol. The second kappa shape index (κ2) is 7.51. The predicted octanol–water partition coefficient (Wildman–Crippen LogP) is 3.87. The van der Waals surface area contributed by atoms with Crippen molar-refractivity contribution in [2.45, 2.75) is 5.16 Å². The number of benzene rings is 2. The molecule has 1 aromatic heterocycles. The number of para-hydroxylation sites is 1. The van der Waals surface area contributed by atoms with Gasteiger partial charge >= 0.3 is 0 Å². The Hall–Kier alpha value is -2.31. The van der Waals surface area contributed by atoms with Gasteiger partial charge in [0, 0.05) is 23.3 Å². The van der Waals surface area contributed by atoms with E-state index >= 15 is 0 Å². The Morgan fingerprint density at radius 2 is 1.96 bits per heavy atom. The van der Waals surface area contributed by atoms with Crippen LogP contribution in [0.1, 0.15) is 0 Å². The highest BCUT2D eigenvalue weighted by Gasteiger charge is 2.13. The summed E-state index contributed by atoms with van der Waals surface area (Å²) in [6, 6.07) is 16.8. The largest absolute Gasteiger partial charge is 0.325 e. The Labute approximate surface area is 149 Å². The van der Waals surface area contributed by atoms with E-state index in [4.69, 9.17) is 11.6 Å². The molecule has 24 heavy (non-hydrogen) atoms. The van der Waals surface area contributed by atoms with Crippen molar-refractivity contribution in [2.75, 3.05) is 11.1 Å². The maximum Gasteiger partial charge on any atom is 0.234 e. The molecule has 3 rings (SSSR count). The molecule has 0 aliphatic rings. The van der Waals surface area contributed by atoms with Crippen LogP contribution in [0.25, 0.3) is 11.4 Å². The molecule has 5 nitrogen and oxygen atoms in total. The summed E-state index contributed by atoms with van der Waals surface area (Å²) in [5, 5.41) is 12.5. The van der Waals surface area contributed by atoms with Gasteiger partial charge in [-0.05, 0) is 24.3 Å². The molecule has 0 aliphatic heterocycles. The van der Waals surface area contributed by atoms with Crippen molar-refractivity contribution < 1.29 is 4.79 Å². The number of hydrogen-bond donors (Lipinski definition) is 1. The standard InChI is InChI=1S/C17H15ClN4OS/c1-22-16(12-6-5-7-13(18)10-12)20-21-17(22)24-11-15(23)19-14-8-3-2-4-9-14/h2-10H,11H2,1H3,(H,19,23). The summed E-state index contributed by atoms with van der Waals surface area (Å²) in [4.78, 5) is 12.0. The van der Waals surface area contributed by atoms with Crippen LogP contribution in [0.15, 0.2) is 59.8 Å². The van der Waals surface area contributed by atoms with Crippen LogP contribution in [0.4, 0.5) is 5.69 Å². The zero-order valence-corrected chi connectivity index (χ0v) is 14.5. The van der Waals surface area contributed by atoms with E-state index < -0.39 is 0 Å². The lowest BCUT2D eigenvalue weighted by Gasteiger charge is -2.05. The van der Waals surface area contributed by atoms with Gasteiger partial charge in [-0.1, -0.05) is 53.7 Å². The monoisotopic (exact) mass is 358 g/mol. The first-order valence-corrected chi connectivity index (χ1v) is 8.63. The van der Waals surface area contributed by atoms with Gasteiger partial charge < -0.3 is 9.88 Å². The van der Waals surface area contributed by atoms with Crippen LogP contribution in [0.2, 0.25) is 5.02 Å². The van der Waals surface area contributed by atoms with Gasteiger partial charge in [0.05, 0.1) is 5.75 Å². The van der Waals surface area contributed by atoms with E-state index in [2.05, 4.69) is 15.5 Å². The molecule has 0 atom stereocenters. The van der Waals surface area contributed by atoms with Gasteiger partial charge in [0.1, 0.15) is 0 Å². The van der Waals surface area contributed by atoms with E-state index in [1.165, 1.54) is 11.8 Å². The van der Waals surface area contributed by atoms with E-state index in [1.54, 1.807) is 0 Å². The highest BCUT2D eigenvalue weighted by atomic mass is 35.5. The Bertz CT molecular complexity index is 851. The van der Waals surface area contributed by atoms with Gasteiger partial charge in [0.15, 0.2) is 11.0 Å². The molecular weight excluding hydrogens is 344 g/mol. The molecule has 0 fully saturated rings. The van der Waals surface area contributed by atoms with E-state index in [0.29, 0.717) is 16.0 Å². The van der Waals surface area contributed by atoms with E-state index in [1.807, 2.05) is 66.2 Å². The summed E-state index contributed by atoms with van der Waals surface area (Å²) in [6.45, 7) is 0. The zero-order chi connectivity index (χ0) is 16.9. The molecule has 1 heterocycles. The second-order valence-electron chi connectivity index (χ2n) is 5.08. The average molecular weight is 359 g/mol. The van der Waals surface area contributed by atoms with Crippen LogP contribution in [-0.2, 0) is 11.8 Å². The summed E-state index contributed by atoms with van der Waals surface area (Å²) in [5.74, 6) is 0.887. The number of aromatic nitrogens is 3. The minimum absolute atomic E-state index is 0.0847. The number of rotatable bonds is 5. The van der Waals surface area contributed by atoms with Crippen molar-refractivity contribution in [3.63, 3.8) is 0 Å². The normalized spacial score (nSPS) is 10.6. The number of amides is 1. The fourth-order valence-corrected chi connectivity index (χ4v) is 3.07. The third kappa shape index (κ3) is 3.96. The fraction of sp³-hybridized carbons (Fsp3) is 0.118. The molecule has 122 valence electrons. The van der Waals surface area contributed by atoms with Crippen LogP contribution < -0.4 is 5.32 Å². The van der Waals surface area contributed by atoms with Crippen LogP contribution in [0.3, 0.4) is 0 Å². The number of carbonyl (C=O) groups excluding carboxylic acids is 1. The van der Waals surface area contributed by atoms with Gasteiger partial charge in [0.2, 0.25) is 5.91 Å². The van der Waals surface area contributed by atoms with Gasteiger partial charge in [-0.3, -0.25) is 4.79 Å². The molecule has 0 unspecified atom stereocenters. The van der Waals surface area contributed by atoms with Crippen LogP contribution in [-0.4, -0.2) is 26.4 Å². The molecule has 1 amide bonds. The second-order valence-corrected chi connectivity index (χ2v) is 6.46. The van der Waals surface area contributed by atoms with Crippen LogP contribution >= 0.6 is 23.4 Å². The zero-order valence-electron chi connectivity index (χ0n) is 12.9. The lowest BCUT2D eigenvalue weighted by atomic mass is 10.2. The summed E-state index contributed by atoms with van der Waals surface area (Å²) in [5.41, 5.74) is 1.67. The Kier molecular flexibility index (Phi) is 5.17. The highest BCUT2D eigenvalue weighted by molar-refractivity contribution is 7.99. The molecule has 0 aliphatic carbocycles. The van der Waals surface area contributed by atoms with Crippen LogP contribution in [0, 0.1) is 0 Å². The highest BCUT2D eigenvalue weighted by Crippen LogP contribution is 2.24. The topological polar surface area (TPSA) is 59.8 Å². The minimum Gasteiger partial charge on any atom is -0.325 e. The smallest absolute Gasteiger partial charge is 0.234 e. The van der Waals surface area contributed by atoms with Gasteiger partial charge in [-0.25, -0.2) is 0 Å². The number of carbonyl (C=O) groups is 1. The Balaban J connectivity index is 1.65.